The van der Waals surface area contributed by atoms with Crippen LogP contribution < -0.4 is 14.8 Å². The first-order chi connectivity index (χ1) is 8.29. The number of rotatable bonds is 5. The Kier molecular flexibility index (Phi) is 4.15. The molecular formula is C10H15N3O4S. The maximum Gasteiger partial charge on any atom is 0.337 e. The molecule has 0 heterocycles. The number of hydrogen-bond donors (Lipinski definition) is 3. The van der Waals surface area contributed by atoms with E-state index in [0.29, 0.717) is 0 Å². The average molecular weight is 273 g/mol. The Labute approximate surface area is 105 Å². The van der Waals surface area contributed by atoms with Crippen molar-refractivity contribution < 1.29 is 18.3 Å². The van der Waals surface area contributed by atoms with Crippen LogP contribution in [-0.2, 0) is 10.2 Å². The van der Waals surface area contributed by atoms with Crippen molar-refractivity contribution in [2.45, 2.75) is 6.92 Å². The van der Waals surface area contributed by atoms with Crippen molar-refractivity contribution in [1.82, 2.24) is 4.72 Å². The van der Waals surface area contributed by atoms with Gasteiger partial charge in [-0.05, 0) is 18.2 Å². The molecule has 1 rings (SSSR count). The predicted molar refractivity (Wildman–Crippen MR) is 68.8 cm³/mol. The van der Waals surface area contributed by atoms with Crippen molar-refractivity contribution in [2.24, 2.45) is 0 Å². The summed E-state index contributed by atoms with van der Waals surface area (Å²) >= 11 is 0. The van der Waals surface area contributed by atoms with E-state index in [4.69, 9.17) is 10.8 Å². The van der Waals surface area contributed by atoms with Crippen molar-refractivity contribution >= 4 is 27.6 Å². The van der Waals surface area contributed by atoms with Gasteiger partial charge in [0.2, 0.25) is 0 Å². The van der Waals surface area contributed by atoms with Crippen LogP contribution in [0.15, 0.2) is 18.2 Å². The van der Waals surface area contributed by atoms with Crippen LogP contribution in [0.5, 0.6) is 0 Å². The van der Waals surface area contributed by atoms with Crippen LogP contribution in [0.25, 0.3) is 0 Å². The smallest absolute Gasteiger partial charge is 0.337 e. The van der Waals surface area contributed by atoms with Crippen LogP contribution in [-0.4, -0.2) is 33.1 Å². The van der Waals surface area contributed by atoms with Crippen LogP contribution in [0.4, 0.5) is 11.4 Å². The Morgan fingerprint density at radius 3 is 2.61 bits per heavy atom. The monoisotopic (exact) mass is 273 g/mol. The molecule has 0 spiro atoms. The molecule has 0 aromatic heterocycles. The van der Waals surface area contributed by atoms with Crippen molar-refractivity contribution in [2.75, 3.05) is 23.6 Å². The lowest BCUT2D eigenvalue weighted by molar-refractivity contribution is 0.0698. The second kappa shape index (κ2) is 5.23. The summed E-state index contributed by atoms with van der Waals surface area (Å²) in [4.78, 5) is 11.1. The molecule has 0 aliphatic rings. The van der Waals surface area contributed by atoms with Gasteiger partial charge in [0.15, 0.2) is 0 Å². The first-order valence-electron chi connectivity index (χ1n) is 5.16. The quantitative estimate of drug-likeness (QED) is 0.666. The Balaban J connectivity index is 3.29. The van der Waals surface area contributed by atoms with E-state index in [2.05, 4.69) is 4.72 Å². The third kappa shape index (κ3) is 2.90. The first kappa shape index (κ1) is 14.3. The molecule has 0 atom stereocenters. The van der Waals surface area contributed by atoms with Crippen molar-refractivity contribution in [3.8, 4) is 0 Å². The molecular weight excluding hydrogens is 258 g/mol. The SMILES string of the molecule is CCNS(=O)(=O)N(C)c1ccc(N)cc1C(=O)O. The Hall–Kier alpha value is -1.80. The number of nitrogen functional groups attached to an aromatic ring is 1. The lowest BCUT2D eigenvalue weighted by Crippen LogP contribution is -2.38. The highest BCUT2D eigenvalue weighted by atomic mass is 32.2. The van der Waals surface area contributed by atoms with Gasteiger partial charge in [-0.15, -0.1) is 0 Å². The Bertz CT molecular complexity index is 556. The number of aromatic carboxylic acids is 1. The molecule has 0 amide bonds. The summed E-state index contributed by atoms with van der Waals surface area (Å²) in [6.07, 6.45) is 0. The zero-order valence-electron chi connectivity index (χ0n) is 10.0. The van der Waals surface area contributed by atoms with E-state index in [9.17, 15) is 13.2 Å². The third-order valence-corrected chi connectivity index (χ3v) is 3.85. The van der Waals surface area contributed by atoms with Crippen molar-refractivity contribution in [1.29, 1.82) is 0 Å². The number of hydrogen-bond acceptors (Lipinski definition) is 4. The van der Waals surface area contributed by atoms with E-state index in [-0.39, 0.29) is 23.5 Å². The molecule has 0 unspecified atom stereocenters. The minimum atomic E-state index is -3.75. The van der Waals surface area contributed by atoms with Gasteiger partial charge in [0.25, 0.3) is 0 Å². The molecule has 0 saturated heterocycles. The van der Waals surface area contributed by atoms with Crippen LogP contribution in [0, 0.1) is 0 Å². The first-order valence-corrected chi connectivity index (χ1v) is 6.60. The van der Waals surface area contributed by atoms with Gasteiger partial charge in [0.1, 0.15) is 0 Å². The van der Waals surface area contributed by atoms with Crippen LogP contribution in [0.1, 0.15) is 17.3 Å². The molecule has 0 radical (unpaired) electrons. The highest BCUT2D eigenvalue weighted by Gasteiger charge is 2.22. The van der Waals surface area contributed by atoms with Crippen LogP contribution >= 0.6 is 0 Å². The topological polar surface area (TPSA) is 113 Å². The number of carbonyl (C=O) groups is 1. The van der Waals surface area contributed by atoms with E-state index in [1.807, 2.05) is 0 Å². The minimum absolute atomic E-state index is 0.0534. The number of nitrogens with zero attached hydrogens (tertiary/aromatic N) is 1. The summed E-state index contributed by atoms with van der Waals surface area (Å²) in [7, 11) is -2.48. The second-order valence-corrected chi connectivity index (χ2v) is 5.34. The van der Waals surface area contributed by atoms with Crippen LogP contribution in [0.3, 0.4) is 0 Å². The normalized spacial score (nSPS) is 11.2. The molecule has 18 heavy (non-hydrogen) atoms. The maximum atomic E-state index is 11.8. The van der Waals surface area contributed by atoms with E-state index < -0.39 is 16.2 Å². The van der Waals surface area contributed by atoms with Crippen molar-refractivity contribution in [3.63, 3.8) is 0 Å². The lowest BCUT2D eigenvalue weighted by atomic mass is 10.1. The molecule has 0 fully saturated rings. The van der Waals surface area contributed by atoms with E-state index >= 15 is 0 Å². The standard InChI is InChI=1S/C10H15N3O4S/c1-3-12-18(16,17)13(2)9-5-4-7(11)6-8(9)10(14)15/h4-6,12H,3,11H2,1-2H3,(H,14,15). The van der Waals surface area contributed by atoms with Gasteiger partial charge in [-0.25, -0.2) is 4.79 Å². The van der Waals surface area contributed by atoms with Gasteiger partial charge >= 0.3 is 16.2 Å². The molecule has 1 aromatic rings. The molecule has 0 saturated carbocycles. The predicted octanol–water partition coefficient (Wildman–Crippen LogP) is 0.258. The number of carboxylic acids is 1. The van der Waals surface area contributed by atoms with Crippen molar-refractivity contribution in [3.05, 3.63) is 23.8 Å². The number of anilines is 2. The summed E-state index contributed by atoms with van der Waals surface area (Å²) in [5.74, 6) is -1.24. The number of nitrogens with one attached hydrogen (secondary N) is 1. The molecule has 1 aromatic carbocycles. The average Bonchev–Trinajstić information content (AvgIpc) is 2.27. The number of carboxylic acid groups (broad SMARTS) is 1. The summed E-state index contributed by atoms with van der Waals surface area (Å²) in [6.45, 7) is 1.84. The highest BCUT2D eigenvalue weighted by Crippen LogP contribution is 2.23. The zero-order valence-corrected chi connectivity index (χ0v) is 10.9. The molecule has 7 nitrogen and oxygen atoms in total. The number of benzene rings is 1. The van der Waals surface area contributed by atoms with Gasteiger partial charge in [0.05, 0.1) is 11.3 Å². The second-order valence-electron chi connectivity index (χ2n) is 3.55. The minimum Gasteiger partial charge on any atom is -0.478 e. The molecule has 8 heteroatoms. The van der Waals surface area contributed by atoms with Gasteiger partial charge < -0.3 is 10.8 Å². The zero-order chi connectivity index (χ0) is 13.9. The fraction of sp³-hybridized carbons (Fsp3) is 0.300. The Morgan fingerprint density at radius 2 is 2.11 bits per heavy atom. The summed E-state index contributed by atoms with van der Waals surface area (Å²) in [5, 5.41) is 9.04. The molecule has 0 bridgehead atoms. The van der Waals surface area contributed by atoms with Gasteiger partial charge in [-0.3, -0.25) is 4.31 Å². The van der Waals surface area contributed by atoms with E-state index in [1.165, 1.54) is 25.2 Å². The van der Waals surface area contributed by atoms with Gasteiger partial charge in [0, 0.05) is 19.3 Å². The molecule has 0 aliphatic heterocycles. The number of nitrogens with two attached hydrogens (primary N) is 1. The summed E-state index contributed by atoms with van der Waals surface area (Å²) < 4.78 is 26.7. The molecule has 100 valence electrons. The van der Waals surface area contributed by atoms with E-state index in [0.717, 1.165) is 4.31 Å². The van der Waals surface area contributed by atoms with E-state index in [1.54, 1.807) is 6.92 Å². The Morgan fingerprint density at radius 1 is 1.50 bits per heavy atom. The highest BCUT2D eigenvalue weighted by molar-refractivity contribution is 7.90. The largest absolute Gasteiger partial charge is 0.478 e. The maximum absolute atomic E-state index is 11.8. The van der Waals surface area contributed by atoms with Gasteiger partial charge in [-0.2, -0.15) is 13.1 Å². The van der Waals surface area contributed by atoms with Crippen LogP contribution in [0.2, 0.25) is 0 Å². The summed E-state index contributed by atoms with van der Waals surface area (Å²) in [6, 6.07) is 4.02. The lowest BCUT2D eigenvalue weighted by Gasteiger charge is -2.21. The third-order valence-electron chi connectivity index (χ3n) is 2.28. The summed E-state index contributed by atoms with van der Waals surface area (Å²) in [5.41, 5.74) is 5.63. The fourth-order valence-corrected chi connectivity index (χ4v) is 2.38. The molecule has 0 aliphatic carbocycles. The fourth-order valence-electron chi connectivity index (χ4n) is 1.41. The van der Waals surface area contributed by atoms with Gasteiger partial charge in [-0.1, -0.05) is 6.92 Å². The molecule has 4 N–H and O–H groups in total.